The Morgan fingerprint density at radius 2 is 1.06 bits per heavy atom. The van der Waals surface area contributed by atoms with E-state index in [9.17, 15) is 10.4 Å². The van der Waals surface area contributed by atoms with Gasteiger partial charge in [0.2, 0.25) is 11.4 Å². The summed E-state index contributed by atoms with van der Waals surface area (Å²) >= 11 is 0. The Morgan fingerprint density at radius 1 is 0.778 bits per heavy atom. The van der Waals surface area contributed by atoms with Crippen LogP contribution in [0.15, 0.2) is 46.6 Å². The molecule has 0 aromatic heterocycles. The lowest BCUT2D eigenvalue weighted by Crippen LogP contribution is -2.39. The fourth-order valence-electron chi connectivity index (χ4n) is 2.23. The predicted molar refractivity (Wildman–Crippen MR) is 66.1 cm³/mol. The smallest absolute Gasteiger partial charge is 0.227 e. The molecule has 2 rings (SSSR count). The lowest BCUT2D eigenvalue weighted by atomic mass is 10.2. The molecule has 8 nitrogen and oxygen atoms in total. The number of hydroxylamine groups is 6. The largest absolute Gasteiger partial charge is 0.622 e. The third-order valence-electron chi connectivity index (χ3n) is 3.02. The highest BCUT2D eigenvalue weighted by Gasteiger charge is 2.43. The van der Waals surface area contributed by atoms with Crippen LogP contribution in [-0.2, 0) is 0 Å². The van der Waals surface area contributed by atoms with Gasteiger partial charge in [0.15, 0.2) is 0 Å². The molecule has 0 spiro atoms. The van der Waals surface area contributed by atoms with E-state index in [2.05, 4.69) is 0 Å². The maximum Gasteiger partial charge on any atom is 0.227 e. The summed E-state index contributed by atoms with van der Waals surface area (Å²) < 4.78 is -1.96. The van der Waals surface area contributed by atoms with Crippen LogP contribution in [0, 0.1) is 10.4 Å². The van der Waals surface area contributed by atoms with Crippen molar-refractivity contribution in [3.8, 4) is 0 Å². The molecule has 98 valence electrons. The van der Waals surface area contributed by atoms with E-state index in [0.717, 1.165) is 0 Å². The maximum absolute atomic E-state index is 12.3. The summed E-state index contributed by atoms with van der Waals surface area (Å²) in [6.45, 7) is 0. The minimum Gasteiger partial charge on any atom is -0.622 e. The van der Waals surface area contributed by atoms with Gasteiger partial charge in [0.1, 0.15) is 35.2 Å². The first-order chi connectivity index (χ1) is 8.08. The Bertz CT molecular complexity index is 503. The third kappa shape index (κ3) is 1.48. The Kier molecular flexibility index (Phi) is 2.26. The highest BCUT2D eigenvalue weighted by Crippen LogP contribution is 2.40. The lowest BCUT2D eigenvalue weighted by Gasteiger charge is -2.39. The summed E-state index contributed by atoms with van der Waals surface area (Å²) in [6.07, 6.45) is 2.42. The molecular formula is C10H16N6O2. The molecule has 0 bridgehead atoms. The summed E-state index contributed by atoms with van der Waals surface area (Å²) in [4.78, 5) is 0. The van der Waals surface area contributed by atoms with Crippen LogP contribution in [0.2, 0.25) is 0 Å². The van der Waals surface area contributed by atoms with Gasteiger partial charge >= 0.3 is 0 Å². The summed E-state index contributed by atoms with van der Waals surface area (Å²) in [7, 11) is 2.63. The maximum atomic E-state index is 12.3. The van der Waals surface area contributed by atoms with Gasteiger partial charge in [-0.1, -0.05) is 0 Å². The van der Waals surface area contributed by atoms with Crippen LogP contribution in [0.1, 0.15) is 0 Å². The first-order valence-electron chi connectivity index (χ1n) is 5.21. The Hall–Kier alpha value is -2.00. The molecule has 2 atom stereocenters. The lowest BCUT2D eigenvalue weighted by molar-refractivity contribution is -0.807. The Balaban J connectivity index is 2.66. The number of hydrogen-bond donors (Lipinski definition) is 4. The monoisotopic (exact) mass is 252 g/mol. The van der Waals surface area contributed by atoms with E-state index in [1.165, 1.54) is 26.5 Å². The zero-order valence-corrected chi connectivity index (χ0v) is 10.2. The summed E-state index contributed by atoms with van der Waals surface area (Å²) in [5.74, 6) is 0. The molecule has 2 heterocycles. The van der Waals surface area contributed by atoms with Gasteiger partial charge in [0, 0.05) is 0 Å². The standard InChI is InChI=1S/C10H16N6O2/c1-15(17)3-5(11)7(13)9(15)10-8(14)6(12)4-16(10,2)18/h3-4H,11-14H2,1-2H3. The van der Waals surface area contributed by atoms with Crippen LogP contribution in [0.4, 0.5) is 0 Å². The molecule has 0 fully saturated rings. The summed E-state index contributed by atoms with van der Waals surface area (Å²) in [5.41, 5.74) is 23.3. The normalized spacial score (nSPS) is 36.2. The summed E-state index contributed by atoms with van der Waals surface area (Å²) in [6, 6.07) is 0. The third-order valence-corrected chi connectivity index (χ3v) is 3.02. The van der Waals surface area contributed by atoms with Crippen molar-refractivity contribution in [3.63, 3.8) is 0 Å². The van der Waals surface area contributed by atoms with E-state index in [0.29, 0.717) is 0 Å². The SMILES string of the molecule is C[N+]1([O-])C=C(N)C(N)=C1C1=C(N)C(N)=C[N+]1(C)[O-]. The van der Waals surface area contributed by atoms with Crippen LogP contribution in [0.5, 0.6) is 0 Å². The molecule has 8 heteroatoms. The molecule has 2 aliphatic rings. The highest BCUT2D eigenvalue weighted by atomic mass is 16.6. The molecule has 8 N–H and O–H groups in total. The van der Waals surface area contributed by atoms with Crippen molar-refractivity contribution < 1.29 is 9.29 Å². The molecule has 0 aliphatic carbocycles. The number of hydrogen-bond acceptors (Lipinski definition) is 6. The second-order valence-corrected chi connectivity index (χ2v) is 4.67. The van der Waals surface area contributed by atoms with E-state index in [1.807, 2.05) is 0 Å². The van der Waals surface area contributed by atoms with Crippen LogP contribution in [0.3, 0.4) is 0 Å². The van der Waals surface area contributed by atoms with Gasteiger partial charge in [-0.3, -0.25) is 9.29 Å². The van der Waals surface area contributed by atoms with Crippen molar-refractivity contribution in [2.45, 2.75) is 0 Å². The van der Waals surface area contributed by atoms with Gasteiger partial charge in [-0.15, -0.1) is 0 Å². The highest BCUT2D eigenvalue weighted by molar-refractivity contribution is 5.47. The fraction of sp³-hybridized carbons (Fsp3) is 0.200. The molecule has 2 aliphatic heterocycles. The number of nitrogens with zero attached hydrogens (tertiary/aromatic N) is 2. The average molecular weight is 252 g/mol. The van der Waals surface area contributed by atoms with Crippen molar-refractivity contribution in [1.82, 2.24) is 0 Å². The van der Waals surface area contributed by atoms with Crippen LogP contribution >= 0.6 is 0 Å². The van der Waals surface area contributed by atoms with Gasteiger partial charge < -0.3 is 33.3 Å². The van der Waals surface area contributed by atoms with Crippen molar-refractivity contribution >= 4 is 0 Å². The molecule has 0 aromatic rings. The predicted octanol–water partition coefficient (Wildman–Crippen LogP) is -1.16. The molecular weight excluding hydrogens is 236 g/mol. The Morgan fingerprint density at radius 3 is 1.22 bits per heavy atom. The van der Waals surface area contributed by atoms with E-state index < -0.39 is 9.29 Å². The number of rotatable bonds is 1. The molecule has 18 heavy (non-hydrogen) atoms. The second-order valence-electron chi connectivity index (χ2n) is 4.67. The number of nitrogens with two attached hydrogens (primary N) is 4. The molecule has 0 amide bonds. The quantitative estimate of drug-likeness (QED) is 0.341. The molecule has 0 saturated carbocycles. The van der Waals surface area contributed by atoms with Crippen molar-refractivity contribution in [2.75, 3.05) is 14.1 Å². The van der Waals surface area contributed by atoms with E-state index >= 15 is 0 Å². The molecule has 0 radical (unpaired) electrons. The zero-order valence-electron chi connectivity index (χ0n) is 10.2. The van der Waals surface area contributed by atoms with Gasteiger partial charge in [-0.05, 0) is 0 Å². The second kappa shape index (κ2) is 3.27. The number of quaternary nitrogens is 2. The molecule has 0 aromatic carbocycles. The van der Waals surface area contributed by atoms with Crippen molar-refractivity contribution in [1.29, 1.82) is 0 Å². The van der Waals surface area contributed by atoms with Crippen molar-refractivity contribution in [3.05, 3.63) is 57.0 Å². The first-order valence-corrected chi connectivity index (χ1v) is 5.21. The average Bonchev–Trinajstić information content (AvgIpc) is 2.49. The fourth-order valence-corrected chi connectivity index (χ4v) is 2.23. The van der Waals surface area contributed by atoms with E-state index in [-0.39, 0.29) is 34.2 Å². The van der Waals surface area contributed by atoms with Crippen LogP contribution in [0.25, 0.3) is 0 Å². The topological polar surface area (TPSA) is 150 Å². The molecule has 2 unspecified atom stereocenters. The Labute approximate surface area is 104 Å². The zero-order chi connectivity index (χ0) is 13.9. The van der Waals surface area contributed by atoms with Gasteiger partial charge in [0.25, 0.3) is 0 Å². The number of likely N-dealkylation sites (N-methyl/N-ethyl adjacent to an activating group) is 2. The van der Waals surface area contributed by atoms with Crippen LogP contribution < -0.4 is 22.9 Å². The van der Waals surface area contributed by atoms with Gasteiger partial charge in [-0.2, -0.15) is 0 Å². The van der Waals surface area contributed by atoms with E-state index in [1.54, 1.807) is 0 Å². The van der Waals surface area contributed by atoms with Crippen LogP contribution in [-0.4, -0.2) is 23.4 Å². The van der Waals surface area contributed by atoms with Gasteiger partial charge in [-0.25, -0.2) is 0 Å². The first kappa shape index (κ1) is 12.5. The summed E-state index contributed by atoms with van der Waals surface area (Å²) in [5, 5.41) is 24.6. The minimum atomic E-state index is -0.981. The van der Waals surface area contributed by atoms with Crippen molar-refractivity contribution in [2.24, 2.45) is 22.9 Å². The van der Waals surface area contributed by atoms with Gasteiger partial charge in [0.05, 0.1) is 14.1 Å². The van der Waals surface area contributed by atoms with E-state index in [4.69, 9.17) is 22.9 Å². The minimum absolute atomic E-state index is 0.0409. The molecule has 0 saturated heterocycles.